The Hall–Kier alpha value is -3.13. The summed E-state index contributed by atoms with van der Waals surface area (Å²) >= 11 is 0. The molecule has 0 spiro atoms. The number of ether oxygens (including phenoxy) is 2. The Kier molecular flexibility index (Phi) is 9.48. The molecule has 1 aliphatic rings. The lowest BCUT2D eigenvalue weighted by molar-refractivity contribution is -0.117. The lowest BCUT2D eigenvalue weighted by Gasteiger charge is -2.19. The fourth-order valence-corrected chi connectivity index (χ4v) is 3.94. The summed E-state index contributed by atoms with van der Waals surface area (Å²) in [6.07, 6.45) is -2.69. The number of amides is 1. The highest BCUT2D eigenvalue weighted by Crippen LogP contribution is 2.38. The van der Waals surface area contributed by atoms with E-state index in [9.17, 15) is 23.2 Å². The van der Waals surface area contributed by atoms with Crippen LogP contribution in [0.1, 0.15) is 18.4 Å². The Morgan fingerprint density at radius 1 is 1.03 bits per heavy atom. The minimum absolute atomic E-state index is 0.0314. The maximum absolute atomic E-state index is 14.0. The van der Waals surface area contributed by atoms with Crippen LogP contribution in [0.3, 0.4) is 0 Å². The summed E-state index contributed by atoms with van der Waals surface area (Å²) in [4.78, 5) is 14.7. The Morgan fingerprint density at radius 3 is 2.34 bits per heavy atom. The molecular weight excluding hydrogens is 463 g/mol. The lowest BCUT2D eigenvalue weighted by atomic mass is 9.96. The first kappa shape index (κ1) is 26.5. The second kappa shape index (κ2) is 12.5. The zero-order chi connectivity index (χ0) is 25.3. The van der Waals surface area contributed by atoms with Gasteiger partial charge in [-0.05, 0) is 47.4 Å². The zero-order valence-electron chi connectivity index (χ0n) is 19.2. The maximum atomic E-state index is 14.0. The fourth-order valence-electron chi connectivity index (χ4n) is 3.94. The Morgan fingerprint density at radius 2 is 1.69 bits per heavy atom. The molecule has 0 unspecified atom stereocenters. The van der Waals surface area contributed by atoms with E-state index >= 15 is 0 Å². The molecule has 2 aromatic carbocycles. The number of carbonyl (C=O) groups is 1. The SMILES string of the molecule is N#C/C(C(=O)NCCOCCOCCO)=C(\c1ccc2cc(N3CCCC3)ccc2c1)C(F)(F)F. The van der Waals surface area contributed by atoms with Crippen LogP contribution in [0, 0.1) is 11.3 Å². The Balaban J connectivity index is 1.76. The van der Waals surface area contributed by atoms with Gasteiger partial charge in [-0.3, -0.25) is 4.79 Å². The quantitative estimate of drug-likeness (QED) is 0.284. The molecular formula is C25H28F3N3O4. The molecule has 188 valence electrons. The molecule has 1 heterocycles. The molecule has 0 aliphatic carbocycles. The molecule has 0 aromatic heterocycles. The number of carbonyl (C=O) groups excluding carboxylic acids is 1. The Labute approximate surface area is 201 Å². The number of benzene rings is 2. The Bertz CT molecular complexity index is 1090. The van der Waals surface area contributed by atoms with Crippen molar-refractivity contribution in [1.82, 2.24) is 5.32 Å². The molecule has 35 heavy (non-hydrogen) atoms. The van der Waals surface area contributed by atoms with Crippen molar-refractivity contribution in [2.75, 3.05) is 57.6 Å². The van der Waals surface area contributed by atoms with Gasteiger partial charge in [-0.25, -0.2) is 0 Å². The van der Waals surface area contributed by atoms with Crippen molar-refractivity contribution < 1.29 is 32.5 Å². The van der Waals surface area contributed by atoms with Gasteiger partial charge >= 0.3 is 6.18 Å². The van der Waals surface area contributed by atoms with Crippen LogP contribution >= 0.6 is 0 Å². The summed E-state index contributed by atoms with van der Waals surface area (Å²) < 4.78 is 52.2. The molecule has 0 saturated carbocycles. The number of fused-ring (bicyclic) bond motifs is 1. The predicted octanol–water partition coefficient (Wildman–Crippen LogP) is 3.42. The standard InChI is InChI=1S/C25H28F3N3O4/c26-25(27,28)23(22(17-29)24(33)30-7-11-34-13-14-35-12-10-32)20-4-3-19-16-21(6-5-18(19)15-20)31-8-1-2-9-31/h3-6,15-16,32H,1-2,7-14H2,(H,30,33)/b23-22-. The number of halogens is 3. The monoisotopic (exact) mass is 491 g/mol. The van der Waals surface area contributed by atoms with Gasteiger partial charge in [0.2, 0.25) is 0 Å². The van der Waals surface area contributed by atoms with E-state index in [0.29, 0.717) is 5.39 Å². The number of anilines is 1. The van der Waals surface area contributed by atoms with Crippen molar-refractivity contribution in [2.24, 2.45) is 0 Å². The van der Waals surface area contributed by atoms with Crippen LogP contribution in [0.5, 0.6) is 0 Å². The van der Waals surface area contributed by atoms with E-state index in [1.54, 1.807) is 12.1 Å². The topological polar surface area (TPSA) is 94.8 Å². The highest BCUT2D eigenvalue weighted by Gasteiger charge is 2.39. The van der Waals surface area contributed by atoms with Crippen LogP contribution in [0.4, 0.5) is 18.9 Å². The average Bonchev–Trinajstić information content (AvgIpc) is 3.37. The van der Waals surface area contributed by atoms with Crippen molar-refractivity contribution in [3.63, 3.8) is 0 Å². The number of alkyl halides is 3. The molecule has 1 fully saturated rings. The van der Waals surface area contributed by atoms with Crippen LogP contribution in [-0.4, -0.2) is 69.9 Å². The van der Waals surface area contributed by atoms with Crippen molar-refractivity contribution in [3.8, 4) is 6.07 Å². The zero-order valence-corrected chi connectivity index (χ0v) is 19.2. The molecule has 2 N–H and O–H groups in total. The molecule has 0 radical (unpaired) electrons. The number of aliphatic hydroxyl groups excluding tert-OH is 1. The maximum Gasteiger partial charge on any atom is 0.418 e. The van der Waals surface area contributed by atoms with Crippen molar-refractivity contribution in [3.05, 3.63) is 47.5 Å². The summed E-state index contributed by atoms with van der Waals surface area (Å²) in [5.74, 6) is -1.12. The minimum atomic E-state index is -4.91. The molecule has 1 saturated heterocycles. The summed E-state index contributed by atoms with van der Waals surface area (Å²) in [7, 11) is 0. The van der Waals surface area contributed by atoms with E-state index < -0.39 is 23.2 Å². The summed E-state index contributed by atoms with van der Waals surface area (Å²) in [6.45, 7) is 2.35. The molecule has 0 atom stereocenters. The number of allylic oxidation sites excluding steroid dienone is 1. The lowest BCUT2D eigenvalue weighted by Crippen LogP contribution is -2.30. The number of aliphatic hydroxyl groups is 1. The van der Waals surface area contributed by atoms with Crippen molar-refractivity contribution in [1.29, 1.82) is 5.26 Å². The van der Waals surface area contributed by atoms with Gasteiger partial charge in [0.1, 0.15) is 11.6 Å². The van der Waals surface area contributed by atoms with Crippen LogP contribution in [0.2, 0.25) is 0 Å². The molecule has 2 aromatic rings. The molecule has 10 heteroatoms. The first-order chi connectivity index (χ1) is 16.8. The van der Waals surface area contributed by atoms with E-state index in [-0.39, 0.29) is 45.1 Å². The predicted molar refractivity (Wildman–Crippen MR) is 126 cm³/mol. The van der Waals surface area contributed by atoms with Crippen LogP contribution < -0.4 is 10.2 Å². The number of hydrogen-bond donors (Lipinski definition) is 2. The van der Waals surface area contributed by atoms with Gasteiger partial charge in [0.15, 0.2) is 0 Å². The first-order valence-corrected chi connectivity index (χ1v) is 11.4. The molecule has 1 aliphatic heterocycles. The van der Waals surface area contributed by atoms with Gasteiger partial charge in [-0.2, -0.15) is 18.4 Å². The molecule has 7 nitrogen and oxygen atoms in total. The number of rotatable bonds is 11. The van der Waals surface area contributed by atoms with Crippen LogP contribution in [0.25, 0.3) is 16.3 Å². The van der Waals surface area contributed by atoms with Gasteiger partial charge in [0, 0.05) is 25.3 Å². The van der Waals surface area contributed by atoms with E-state index in [1.807, 2.05) is 12.1 Å². The summed E-state index contributed by atoms with van der Waals surface area (Å²) in [5.41, 5.74) is -1.50. The smallest absolute Gasteiger partial charge is 0.394 e. The van der Waals surface area contributed by atoms with Crippen LogP contribution in [-0.2, 0) is 14.3 Å². The van der Waals surface area contributed by atoms with Gasteiger partial charge in [0.25, 0.3) is 5.91 Å². The molecule has 0 bridgehead atoms. The molecule has 3 rings (SSSR count). The highest BCUT2D eigenvalue weighted by atomic mass is 19.4. The van der Waals surface area contributed by atoms with E-state index in [1.165, 1.54) is 18.2 Å². The van der Waals surface area contributed by atoms with Gasteiger partial charge in [0.05, 0.1) is 38.6 Å². The highest BCUT2D eigenvalue weighted by molar-refractivity contribution is 6.06. The third-order valence-electron chi connectivity index (χ3n) is 5.60. The third-order valence-corrected chi connectivity index (χ3v) is 5.60. The minimum Gasteiger partial charge on any atom is -0.394 e. The van der Waals surface area contributed by atoms with Crippen molar-refractivity contribution >= 4 is 27.9 Å². The van der Waals surface area contributed by atoms with Gasteiger partial charge < -0.3 is 24.8 Å². The third kappa shape index (κ3) is 7.18. The summed E-state index contributed by atoms with van der Waals surface area (Å²) in [5, 5.41) is 21.7. The van der Waals surface area contributed by atoms with Crippen molar-refractivity contribution in [2.45, 2.75) is 19.0 Å². The normalized spacial score (nSPS) is 14.7. The number of nitrogens with one attached hydrogen (secondary N) is 1. The van der Waals surface area contributed by atoms with E-state index in [2.05, 4.69) is 10.2 Å². The molecule has 1 amide bonds. The number of hydrogen-bond acceptors (Lipinski definition) is 6. The average molecular weight is 492 g/mol. The second-order valence-corrected chi connectivity index (χ2v) is 8.00. The van der Waals surface area contributed by atoms with Gasteiger partial charge in [-0.1, -0.05) is 18.2 Å². The largest absolute Gasteiger partial charge is 0.418 e. The van der Waals surface area contributed by atoms with Crippen LogP contribution in [0.15, 0.2) is 42.0 Å². The number of nitriles is 1. The van der Waals surface area contributed by atoms with E-state index in [0.717, 1.165) is 37.0 Å². The number of nitrogens with zero attached hydrogens (tertiary/aromatic N) is 2. The van der Waals surface area contributed by atoms with Gasteiger partial charge in [-0.15, -0.1) is 0 Å². The second-order valence-electron chi connectivity index (χ2n) is 8.00. The fraction of sp³-hybridized carbons (Fsp3) is 0.440. The van der Waals surface area contributed by atoms with E-state index in [4.69, 9.17) is 14.6 Å². The first-order valence-electron chi connectivity index (χ1n) is 11.4. The summed E-state index contributed by atoms with van der Waals surface area (Å²) in [6, 6.07) is 11.2.